The van der Waals surface area contributed by atoms with Crippen molar-refractivity contribution in [1.82, 2.24) is 0 Å². The molecule has 0 aromatic rings. The standard InChI is InChI=1S/C8H19O2P/c1-3-7-11(10,4-2)8-5-6-9/h9H,3-8H2,1-2H3. The normalized spacial score (nSPS) is 16.3. The Morgan fingerprint density at radius 2 is 1.91 bits per heavy atom. The molecule has 2 nitrogen and oxygen atoms in total. The van der Waals surface area contributed by atoms with E-state index in [2.05, 4.69) is 6.92 Å². The molecule has 1 N–H and O–H groups in total. The predicted molar refractivity (Wildman–Crippen MR) is 49.9 cm³/mol. The molecule has 0 rings (SSSR count). The first kappa shape index (κ1) is 11.2. The van der Waals surface area contributed by atoms with Crippen LogP contribution in [0.15, 0.2) is 0 Å². The van der Waals surface area contributed by atoms with Gasteiger partial charge in [-0.15, -0.1) is 0 Å². The van der Waals surface area contributed by atoms with Gasteiger partial charge in [0.2, 0.25) is 0 Å². The van der Waals surface area contributed by atoms with E-state index in [-0.39, 0.29) is 6.61 Å². The van der Waals surface area contributed by atoms with Crippen LogP contribution in [0.5, 0.6) is 0 Å². The van der Waals surface area contributed by atoms with Crippen LogP contribution in [-0.2, 0) is 4.57 Å². The summed E-state index contributed by atoms with van der Waals surface area (Å²) in [6.45, 7) is 4.21. The molecule has 0 saturated carbocycles. The second kappa shape index (κ2) is 5.79. The van der Waals surface area contributed by atoms with E-state index in [9.17, 15) is 4.57 Å². The molecular formula is C8H19O2P. The lowest BCUT2D eigenvalue weighted by Crippen LogP contribution is -1.99. The Balaban J connectivity index is 3.79. The first-order chi connectivity index (χ1) is 5.18. The van der Waals surface area contributed by atoms with Gasteiger partial charge in [0.05, 0.1) is 7.14 Å². The van der Waals surface area contributed by atoms with Crippen molar-refractivity contribution in [2.24, 2.45) is 0 Å². The van der Waals surface area contributed by atoms with E-state index in [1.54, 1.807) is 0 Å². The van der Waals surface area contributed by atoms with E-state index in [4.69, 9.17) is 5.11 Å². The van der Waals surface area contributed by atoms with Crippen LogP contribution in [0, 0.1) is 0 Å². The highest BCUT2D eigenvalue weighted by molar-refractivity contribution is 7.63. The van der Waals surface area contributed by atoms with E-state index in [0.717, 1.165) is 24.9 Å². The van der Waals surface area contributed by atoms with Gasteiger partial charge in [0.25, 0.3) is 0 Å². The molecule has 0 aliphatic rings. The Morgan fingerprint density at radius 1 is 1.27 bits per heavy atom. The fourth-order valence-electron chi connectivity index (χ4n) is 1.19. The minimum Gasteiger partial charge on any atom is -0.396 e. The van der Waals surface area contributed by atoms with E-state index in [1.807, 2.05) is 6.92 Å². The summed E-state index contributed by atoms with van der Waals surface area (Å²) < 4.78 is 11.8. The molecule has 68 valence electrons. The average molecular weight is 178 g/mol. The molecule has 3 heteroatoms. The van der Waals surface area contributed by atoms with Crippen molar-refractivity contribution in [2.75, 3.05) is 25.1 Å². The number of aliphatic hydroxyl groups is 1. The summed E-state index contributed by atoms with van der Waals surface area (Å²) in [6, 6.07) is 0. The third-order valence-electron chi connectivity index (χ3n) is 1.93. The molecule has 0 saturated heterocycles. The Hall–Kier alpha value is 0.190. The van der Waals surface area contributed by atoms with E-state index < -0.39 is 7.14 Å². The monoisotopic (exact) mass is 178 g/mol. The van der Waals surface area contributed by atoms with Gasteiger partial charge in [-0.25, -0.2) is 0 Å². The van der Waals surface area contributed by atoms with Crippen LogP contribution in [0.25, 0.3) is 0 Å². The fourth-order valence-corrected chi connectivity index (χ4v) is 3.58. The Labute approximate surface area is 69.4 Å². The molecule has 0 amide bonds. The van der Waals surface area contributed by atoms with Crippen LogP contribution >= 0.6 is 7.14 Å². The highest BCUT2D eigenvalue weighted by Gasteiger charge is 2.16. The van der Waals surface area contributed by atoms with Crippen molar-refractivity contribution in [3.8, 4) is 0 Å². The smallest absolute Gasteiger partial charge is 0.0875 e. The maximum absolute atomic E-state index is 11.8. The third-order valence-corrected chi connectivity index (χ3v) is 5.48. The van der Waals surface area contributed by atoms with Gasteiger partial charge in [0, 0.05) is 18.9 Å². The maximum Gasteiger partial charge on any atom is 0.0875 e. The number of rotatable bonds is 6. The molecule has 0 heterocycles. The minimum atomic E-state index is -1.88. The first-order valence-electron chi connectivity index (χ1n) is 4.36. The van der Waals surface area contributed by atoms with Crippen molar-refractivity contribution in [1.29, 1.82) is 0 Å². The zero-order valence-corrected chi connectivity index (χ0v) is 8.44. The number of hydrogen-bond acceptors (Lipinski definition) is 2. The Kier molecular flexibility index (Phi) is 5.89. The summed E-state index contributed by atoms with van der Waals surface area (Å²) in [5.74, 6) is 0. The van der Waals surface area contributed by atoms with Crippen molar-refractivity contribution in [3.05, 3.63) is 0 Å². The highest BCUT2D eigenvalue weighted by atomic mass is 31.2. The van der Waals surface area contributed by atoms with Gasteiger partial charge < -0.3 is 9.67 Å². The lowest BCUT2D eigenvalue weighted by Gasteiger charge is -2.13. The third kappa shape index (κ3) is 4.60. The minimum absolute atomic E-state index is 0.174. The molecule has 0 spiro atoms. The van der Waals surface area contributed by atoms with Crippen LogP contribution in [0.4, 0.5) is 0 Å². The van der Waals surface area contributed by atoms with Crippen LogP contribution in [0.2, 0.25) is 0 Å². The van der Waals surface area contributed by atoms with Crippen molar-refractivity contribution in [2.45, 2.75) is 26.7 Å². The quantitative estimate of drug-likeness (QED) is 0.633. The molecule has 1 atom stereocenters. The summed E-state index contributed by atoms with van der Waals surface area (Å²) in [5.41, 5.74) is 0. The van der Waals surface area contributed by atoms with Gasteiger partial charge >= 0.3 is 0 Å². The maximum atomic E-state index is 11.8. The highest BCUT2D eigenvalue weighted by Crippen LogP contribution is 2.45. The van der Waals surface area contributed by atoms with Crippen LogP contribution in [0.3, 0.4) is 0 Å². The van der Waals surface area contributed by atoms with Gasteiger partial charge in [-0.05, 0) is 19.0 Å². The SMILES string of the molecule is CCCP(=O)(CC)CCCO. The Bertz CT molecular complexity index is 134. The lowest BCUT2D eigenvalue weighted by atomic mass is 10.5. The molecule has 0 aliphatic carbocycles. The number of hydrogen-bond donors (Lipinski definition) is 1. The van der Waals surface area contributed by atoms with Gasteiger partial charge in [-0.1, -0.05) is 13.8 Å². The van der Waals surface area contributed by atoms with Gasteiger partial charge in [0.15, 0.2) is 0 Å². The molecule has 0 aromatic carbocycles. The second-order valence-corrected chi connectivity index (χ2v) is 6.54. The molecule has 0 bridgehead atoms. The summed E-state index contributed by atoms with van der Waals surface area (Å²) in [6.07, 6.45) is 4.07. The zero-order valence-electron chi connectivity index (χ0n) is 7.55. The molecule has 0 aromatic heterocycles. The first-order valence-corrected chi connectivity index (χ1v) is 6.62. The lowest BCUT2D eigenvalue weighted by molar-refractivity contribution is 0.295. The molecule has 0 radical (unpaired) electrons. The Morgan fingerprint density at radius 3 is 2.27 bits per heavy atom. The molecule has 0 fully saturated rings. The van der Waals surface area contributed by atoms with Crippen LogP contribution < -0.4 is 0 Å². The predicted octanol–water partition coefficient (Wildman–Crippen LogP) is 2.16. The summed E-state index contributed by atoms with van der Waals surface area (Å²) in [4.78, 5) is 0. The van der Waals surface area contributed by atoms with Gasteiger partial charge in [0.1, 0.15) is 0 Å². The molecular weight excluding hydrogens is 159 g/mol. The molecule has 0 aliphatic heterocycles. The van der Waals surface area contributed by atoms with E-state index >= 15 is 0 Å². The van der Waals surface area contributed by atoms with Crippen LogP contribution in [-0.4, -0.2) is 30.2 Å². The largest absolute Gasteiger partial charge is 0.396 e. The summed E-state index contributed by atoms with van der Waals surface area (Å²) >= 11 is 0. The number of aliphatic hydroxyl groups excluding tert-OH is 1. The summed E-state index contributed by atoms with van der Waals surface area (Å²) in [5, 5.41) is 8.57. The fraction of sp³-hybridized carbons (Fsp3) is 1.00. The van der Waals surface area contributed by atoms with Gasteiger partial charge in [-0.3, -0.25) is 0 Å². The summed E-state index contributed by atoms with van der Waals surface area (Å²) in [7, 11) is -1.88. The van der Waals surface area contributed by atoms with Gasteiger partial charge in [-0.2, -0.15) is 0 Å². The zero-order chi connectivity index (χ0) is 8.74. The second-order valence-electron chi connectivity index (χ2n) is 2.90. The van der Waals surface area contributed by atoms with Crippen LogP contribution in [0.1, 0.15) is 26.7 Å². The molecule has 11 heavy (non-hydrogen) atoms. The van der Waals surface area contributed by atoms with Crippen molar-refractivity contribution < 1.29 is 9.67 Å². The van der Waals surface area contributed by atoms with Crippen molar-refractivity contribution in [3.63, 3.8) is 0 Å². The topological polar surface area (TPSA) is 37.3 Å². The van der Waals surface area contributed by atoms with E-state index in [0.29, 0.717) is 6.42 Å². The average Bonchev–Trinajstić information content (AvgIpc) is 2.02. The van der Waals surface area contributed by atoms with E-state index in [1.165, 1.54) is 0 Å². The van der Waals surface area contributed by atoms with Crippen molar-refractivity contribution >= 4 is 7.14 Å². The molecule has 1 unspecified atom stereocenters.